The Morgan fingerprint density at radius 2 is 2.50 bits per heavy atom. The van der Waals surface area contributed by atoms with Crippen LogP contribution in [0.1, 0.15) is 13.3 Å². The Bertz CT molecular complexity index is 374. The number of rotatable bonds is 5. The van der Waals surface area contributed by atoms with E-state index in [4.69, 9.17) is 11.2 Å². The van der Waals surface area contributed by atoms with Gasteiger partial charge in [0.1, 0.15) is 6.61 Å². The number of terminal acetylenes is 1. The van der Waals surface area contributed by atoms with Crippen molar-refractivity contribution >= 4 is 5.91 Å². The number of carbonyl (C=O) groups excluding carboxylic acids is 1. The van der Waals surface area contributed by atoms with Crippen LogP contribution >= 0.6 is 0 Å². The quantitative estimate of drug-likeness (QED) is 0.694. The molecule has 1 N–H and O–H groups in total. The van der Waals surface area contributed by atoms with Crippen molar-refractivity contribution in [2.75, 3.05) is 6.61 Å². The molecule has 0 saturated carbocycles. The van der Waals surface area contributed by atoms with Crippen molar-refractivity contribution in [1.82, 2.24) is 20.5 Å². The summed E-state index contributed by atoms with van der Waals surface area (Å²) in [4.78, 5) is 14.7. The van der Waals surface area contributed by atoms with Gasteiger partial charge < -0.3 is 10.1 Å². The Balaban J connectivity index is 2.44. The van der Waals surface area contributed by atoms with Gasteiger partial charge in [-0.3, -0.25) is 4.79 Å². The standard InChI is InChI=1S/C10H12N4O2/c1-3-4-9(13-8(2)15)7-16-10-11-5-6-12-14-10/h1,5-6,9H,4,7H2,2H3,(H,13,15). The van der Waals surface area contributed by atoms with Crippen LogP contribution in [0, 0.1) is 12.3 Å². The molecule has 0 aliphatic carbocycles. The minimum atomic E-state index is -0.244. The van der Waals surface area contributed by atoms with Crippen LogP contribution in [0.5, 0.6) is 6.01 Å². The average molecular weight is 220 g/mol. The van der Waals surface area contributed by atoms with E-state index in [1.807, 2.05) is 0 Å². The van der Waals surface area contributed by atoms with Crippen LogP contribution in [-0.4, -0.2) is 33.7 Å². The Kier molecular flexibility index (Phi) is 4.73. The molecule has 1 aromatic heterocycles. The SMILES string of the molecule is C#CCC(COc1nccnn1)NC(C)=O. The summed E-state index contributed by atoms with van der Waals surface area (Å²) in [7, 11) is 0. The van der Waals surface area contributed by atoms with Gasteiger partial charge in [-0.2, -0.15) is 5.10 Å². The van der Waals surface area contributed by atoms with E-state index in [-0.39, 0.29) is 24.6 Å². The predicted molar refractivity (Wildman–Crippen MR) is 56.4 cm³/mol. The molecular formula is C10H12N4O2. The van der Waals surface area contributed by atoms with E-state index >= 15 is 0 Å². The van der Waals surface area contributed by atoms with E-state index in [1.54, 1.807) is 0 Å². The van der Waals surface area contributed by atoms with Crippen molar-refractivity contribution in [3.63, 3.8) is 0 Å². The summed E-state index contributed by atoms with van der Waals surface area (Å²) >= 11 is 0. The predicted octanol–water partition coefficient (Wildman–Crippen LogP) is -0.222. The molecule has 0 radical (unpaired) electrons. The number of nitrogens with one attached hydrogen (secondary N) is 1. The highest BCUT2D eigenvalue weighted by atomic mass is 16.5. The van der Waals surface area contributed by atoms with Gasteiger partial charge in [0, 0.05) is 13.3 Å². The molecule has 6 heteroatoms. The maximum atomic E-state index is 10.9. The third-order valence-corrected chi connectivity index (χ3v) is 1.65. The summed E-state index contributed by atoms with van der Waals surface area (Å²) in [6.45, 7) is 1.64. The minimum Gasteiger partial charge on any atom is -0.460 e. The van der Waals surface area contributed by atoms with Gasteiger partial charge in [0.2, 0.25) is 5.91 Å². The van der Waals surface area contributed by atoms with Crippen molar-refractivity contribution < 1.29 is 9.53 Å². The van der Waals surface area contributed by atoms with Crippen molar-refractivity contribution in [3.05, 3.63) is 12.4 Å². The zero-order valence-corrected chi connectivity index (χ0v) is 8.88. The molecule has 0 saturated heterocycles. The van der Waals surface area contributed by atoms with Gasteiger partial charge in [0.05, 0.1) is 18.4 Å². The molecule has 0 fully saturated rings. The molecular weight excluding hydrogens is 208 g/mol. The number of hydrogen-bond donors (Lipinski definition) is 1. The van der Waals surface area contributed by atoms with Gasteiger partial charge >= 0.3 is 6.01 Å². The second-order valence-electron chi connectivity index (χ2n) is 3.04. The molecule has 0 spiro atoms. The second kappa shape index (κ2) is 6.35. The summed E-state index contributed by atoms with van der Waals surface area (Å²) in [6, 6.07) is -0.0822. The van der Waals surface area contributed by atoms with Gasteiger partial charge in [-0.25, -0.2) is 4.98 Å². The van der Waals surface area contributed by atoms with Crippen LogP contribution in [-0.2, 0) is 4.79 Å². The lowest BCUT2D eigenvalue weighted by molar-refractivity contribution is -0.119. The van der Waals surface area contributed by atoms with Crippen LogP contribution in [0.4, 0.5) is 0 Å². The highest BCUT2D eigenvalue weighted by molar-refractivity contribution is 5.73. The van der Waals surface area contributed by atoms with E-state index < -0.39 is 0 Å². The lowest BCUT2D eigenvalue weighted by atomic mass is 10.2. The molecule has 6 nitrogen and oxygen atoms in total. The van der Waals surface area contributed by atoms with Crippen LogP contribution in [0.2, 0.25) is 0 Å². The van der Waals surface area contributed by atoms with Crippen LogP contribution < -0.4 is 10.1 Å². The summed E-state index contributed by atoms with van der Waals surface area (Å²) in [6.07, 6.45) is 8.48. The molecule has 16 heavy (non-hydrogen) atoms. The third kappa shape index (κ3) is 4.37. The van der Waals surface area contributed by atoms with Crippen molar-refractivity contribution in [1.29, 1.82) is 0 Å². The van der Waals surface area contributed by atoms with E-state index in [9.17, 15) is 4.79 Å². The van der Waals surface area contributed by atoms with Crippen molar-refractivity contribution in [2.24, 2.45) is 0 Å². The van der Waals surface area contributed by atoms with Crippen molar-refractivity contribution in [3.8, 4) is 18.4 Å². The Hall–Kier alpha value is -2.16. The first-order valence-electron chi connectivity index (χ1n) is 4.69. The average Bonchev–Trinajstić information content (AvgIpc) is 2.27. The Morgan fingerprint density at radius 1 is 1.69 bits per heavy atom. The van der Waals surface area contributed by atoms with E-state index in [1.165, 1.54) is 19.3 Å². The van der Waals surface area contributed by atoms with Crippen LogP contribution in [0.3, 0.4) is 0 Å². The lowest BCUT2D eigenvalue weighted by Crippen LogP contribution is -2.37. The third-order valence-electron chi connectivity index (χ3n) is 1.65. The first kappa shape index (κ1) is 11.9. The molecule has 1 aromatic rings. The fourth-order valence-electron chi connectivity index (χ4n) is 1.06. The van der Waals surface area contributed by atoms with Gasteiger partial charge in [-0.05, 0) is 0 Å². The fourth-order valence-corrected chi connectivity index (χ4v) is 1.06. The zero-order chi connectivity index (χ0) is 11.8. The maximum absolute atomic E-state index is 10.9. The molecule has 1 atom stereocenters. The highest BCUT2D eigenvalue weighted by Gasteiger charge is 2.10. The Morgan fingerprint density at radius 3 is 3.06 bits per heavy atom. The van der Waals surface area contributed by atoms with Crippen LogP contribution in [0.25, 0.3) is 0 Å². The summed E-state index contributed by atoms with van der Waals surface area (Å²) in [5.41, 5.74) is 0. The van der Waals surface area contributed by atoms with Gasteiger partial charge in [0.15, 0.2) is 0 Å². The Labute approximate surface area is 93.4 Å². The molecule has 1 heterocycles. The topological polar surface area (TPSA) is 77.0 Å². The minimum absolute atomic E-state index is 0.157. The molecule has 1 rings (SSSR count). The zero-order valence-electron chi connectivity index (χ0n) is 8.88. The normalized spacial score (nSPS) is 11.2. The van der Waals surface area contributed by atoms with Gasteiger partial charge in [-0.15, -0.1) is 12.3 Å². The van der Waals surface area contributed by atoms with Gasteiger partial charge in [-0.1, -0.05) is 5.10 Å². The van der Waals surface area contributed by atoms with E-state index in [2.05, 4.69) is 26.4 Å². The van der Waals surface area contributed by atoms with Crippen molar-refractivity contribution in [2.45, 2.75) is 19.4 Å². The van der Waals surface area contributed by atoms with Crippen LogP contribution in [0.15, 0.2) is 12.4 Å². The number of hydrogen-bond acceptors (Lipinski definition) is 5. The number of amides is 1. The summed E-state index contributed by atoms with van der Waals surface area (Å²) < 4.78 is 5.23. The molecule has 84 valence electrons. The highest BCUT2D eigenvalue weighted by Crippen LogP contribution is 1.98. The first-order chi connectivity index (χ1) is 7.72. The maximum Gasteiger partial charge on any atom is 0.335 e. The fraction of sp³-hybridized carbons (Fsp3) is 0.400. The molecule has 1 amide bonds. The largest absolute Gasteiger partial charge is 0.460 e. The number of ether oxygens (including phenoxy) is 1. The molecule has 0 aromatic carbocycles. The lowest BCUT2D eigenvalue weighted by Gasteiger charge is -2.14. The number of nitrogens with zero attached hydrogens (tertiary/aromatic N) is 3. The summed E-state index contributed by atoms with van der Waals surface area (Å²) in [5.74, 6) is 2.30. The van der Waals surface area contributed by atoms with E-state index in [0.29, 0.717) is 6.42 Å². The molecule has 0 bridgehead atoms. The smallest absolute Gasteiger partial charge is 0.335 e. The molecule has 0 aliphatic heterocycles. The summed E-state index contributed by atoms with van der Waals surface area (Å²) in [5, 5.41) is 9.92. The number of aromatic nitrogens is 3. The van der Waals surface area contributed by atoms with Gasteiger partial charge in [0.25, 0.3) is 0 Å². The first-order valence-corrected chi connectivity index (χ1v) is 4.69. The molecule has 1 unspecified atom stereocenters. The monoisotopic (exact) mass is 220 g/mol. The van der Waals surface area contributed by atoms with E-state index in [0.717, 1.165) is 0 Å². The molecule has 0 aliphatic rings. The second-order valence-corrected chi connectivity index (χ2v) is 3.04. The number of carbonyl (C=O) groups is 1.